The van der Waals surface area contributed by atoms with Gasteiger partial charge in [0.05, 0.1) is 0 Å². The van der Waals surface area contributed by atoms with E-state index >= 15 is 0 Å². The van der Waals surface area contributed by atoms with Crippen molar-refractivity contribution in [2.24, 2.45) is 0 Å². The summed E-state index contributed by atoms with van der Waals surface area (Å²) in [5, 5.41) is 3.30. The van der Waals surface area contributed by atoms with Gasteiger partial charge in [0.15, 0.2) is 0 Å². The van der Waals surface area contributed by atoms with Gasteiger partial charge in [0, 0.05) is 30.2 Å². The second-order valence-corrected chi connectivity index (χ2v) is 5.71. The Morgan fingerprint density at radius 1 is 1.35 bits per heavy atom. The van der Waals surface area contributed by atoms with Crippen LogP contribution in [0.3, 0.4) is 0 Å². The van der Waals surface area contributed by atoms with E-state index in [9.17, 15) is 9.59 Å². The van der Waals surface area contributed by atoms with Gasteiger partial charge < -0.3 is 14.4 Å². The highest BCUT2D eigenvalue weighted by molar-refractivity contribution is 9.09. The van der Waals surface area contributed by atoms with Crippen molar-refractivity contribution >= 4 is 33.8 Å². The number of alkyl halides is 1. The van der Waals surface area contributed by atoms with Crippen LogP contribution in [0, 0.1) is 0 Å². The van der Waals surface area contributed by atoms with Crippen molar-refractivity contribution in [3.05, 3.63) is 24.3 Å². The third kappa shape index (κ3) is 6.90. The van der Waals surface area contributed by atoms with Crippen LogP contribution in [0.25, 0.3) is 0 Å². The molecule has 0 aliphatic heterocycles. The summed E-state index contributed by atoms with van der Waals surface area (Å²) in [4.78, 5) is 25.3. The first kappa shape index (κ1) is 19.3. The lowest BCUT2D eigenvalue weighted by Crippen LogP contribution is -2.34. The van der Waals surface area contributed by atoms with Gasteiger partial charge in [-0.1, -0.05) is 28.9 Å². The minimum atomic E-state index is -0.530. The van der Waals surface area contributed by atoms with E-state index in [1.807, 2.05) is 20.8 Å². The second kappa shape index (κ2) is 10.1. The molecule has 0 aliphatic rings. The van der Waals surface area contributed by atoms with Crippen LogP contribution < -0.4 is 10.1 Å². The van der Waals surface area contributed by atoms with Crippen LogP contribution >= 0.6 is 15.9 Å². The fourth-order valence-corrected chi connectivity index (χ4v) is 2.12. The van der Waals surface area contributed by atoms with Crippen LogP contribution in [-0.4, -0.2) is 41.6 Å². The molecular weight excluding hydrogens is 364 g/mol. The number of ether oxygens (including phenoxy) is 2. The first-order chi connectivity index (χ1) is 11.0. The van der Waals surface area contributed by atoms with Gasteiger partial charge in [-0.25, -0.2) is 9.59 Å². The van der Waals surface area contributed by atoms with Crippen molar-refractivity contribution in [2.75, 3.05) is 23.7 Å². The van der Waals surface area contributed by atoms with E-state index in [2.05, 4.69) is 21.2 Å². The first-order valence-electron chi connectivity index (χ1n) is 7.60. The van der Waals surface area contributed by atoms with Crippen LogP contribution in [0.2, 0.25) is 0 Å². The zero-order valence-corrected chi connectivity index (χ0v) is 15.3. The predicted octanol–water partition coefficient (Wildman–Crippen LogP) is 4.25. The van der Waals surface area contributed by atoms with E-state index < -0.39 is 12.2 Å². The van der Waals surface area contributed by atoms with Crippen molar-refractivity contribution in [2.45, 2.75) is 33.3 Å². The topological polar surface area (TPSA) is 67.9 Å². The summed E-state index contributed by atoms with van der Waals surface area (Å²) < 4.78 is 10.5. The monoisotopic (exact) mass is 386 g/mol. The van der Waals surface area contributed by atoms with Gasteiger partial charge >= 0.3 is 12.2 Å². The molecule has 0 bridgehead atoms. The Balaban J connectivity index is 2.66. The Labute approximate surface area is 145 Å². The first-order valence-corrected chi connectivity index (χ1v) is 8.72. The van der Waals surface area contributed by atoms with E-state index in [4.69, 9.17) is 9.47 Å². The molecule has 1 atom stereocenters. The Morgan fingerprint density at radius 3 is 2.70 bits per heavy atom. The molecule has 1 rings (SSSR count). The third-order valence-corrected chi connectivity index (χ3v) is 3.52. The molecule has 0 radical (unpaired) electrons. The van der Waals surface area contributed by atoms with Crippen molar-refractivity contribution in [1.29, 1.82) is 0 Å². The van der Waals surface area contributed by atoms with Crippen LogP contribution in [0.15, 0.2) is 24.3 Å². The van der Waals surface area contributed by atoms with Gasteiger partial charge in [0.25, 0.3) is 0 Å². The number of amides is 2. The van der Waals surface area contributed by atoms with Crippen molar-refractivity contribution in [3.63, 3.8) is 0 Å². The molecule has 7 heteroatoms. The highest BCUT2D eigenvalue weighted by Crippen LogP contribution is 2.18. The van der Waals surface area contributed by atoms with E-state index in [1.165, 1.54) is 0 Å². The molecule has 23 heavy (non-hydrogen) atoms. The number of benzene rings is 1. The summed E-state index contributed by atoms with van der Waals surface area (Å²) in [6.45, 7) is 6.76. The average Bonchev–Trinajstić information content (AvgIpc) is 2.52. The molecule has 0 saturated carbocycles. The highest BCUT2D eigenvalue weighted by atomic mass is 79.9. The maximum absolute atomic E-state index is 12.0. The van der Waals surface area contributed by atoms with E-state index in [1.54, 1.807) is 29.2 Å². The number of carbonyl (C=O) groups excluding carboxylic acids is 2. The Hall–Kier alpha value is -1.76. The lowest BCUT2D eigenvalue weighted by atomic mass is 10.3. The van der Waals surface area contributed by atoms with E-state index in [0.29, 0.717) is 29.9 Å². The Bertz CT molecular complexity index is 525. The lowest BCUT2D eigenvalue weighted by Gasteiger charge is -2.19. The van der Waals surface area contributed by atoms with Crippen LogP contribution in [-0.2, 0) is 4.74 Å². The number of hydrogen-bond donors (Lipinski definition) is 1. The maximum Gasteiger partial charge on any atom is 0.415 e. The van der Waals surface area contributed by atoms with Gasteiger partial charge in [-0.15, -0.1) is 0 Å². The number of rotatable bonds is 7. The molecular formula is C16H23BrN2O4. The molecule has 1 N–H and O–H groups in total. The maximum atomic E-state index is 12.0. The predicted molar refractivity (Wildman–Crippen MR) is 93.4 cm³/mol. The molecule has 128 valence electrons. The SMILES string of the molecule is CCC(C)OC(=O)Nc1cccc(OC(=O)N(CC)CCBr)c1. The largest absolute Gasteiger partial charge is 0.446 e. The summed E-state index contributed by atoms with van der Waals surface area (Å²) >= 11 is 3.30. The highest BCUT2D eigenvalue weighted by Gasteiger charge is 2.14. The number of anilines is 1. The summed E-state index contributed by atoms with van der Waals surface area (Å²) in [6.07, 6.45) is -0.368. The molecule has 1 unspecified atom stereocenters. The summed E-state index contributed by atoms with van der Waals surface area (Å²) in [5.41, 5.74) is 0.507. The minimum absolute atomic E-state index is 0.154. The zero-order chi connectivity index (χ0) is 17.2. The normalized spacial score (nSPS) is 11.5. The summed E-state index contributed by atoms with van der Waals surface area (Å²) in [7, 11) is 0. The molecule has 1 aromatic rings. The molecule has 6 nitrogen and oxygen atoms in total. The molecule has 0 aliphatic carbocycles. The zero-order valence-electron chi connectivity index (χ0n) is 13.7. The van der Waals surface area contributed by atoms with Crippen LogP contribution in [0.5, 0.6) is 5.75 Å². The fourth-order valence-electron chi connectivity index (χ4n) is 1.70. The van der Waals surface area contributed by atoms with Crippen molar-refractivity contribution in [3.8, 4) is 5.75 Å². The van der Waals surface area contributed by atoms with Gasteiger partial charge in [-0.3, -0.25) is 5.32 Å². The van der Waals surface area contributed by atoms with Gasteiger partial charge in [-0.05, 0) is 32.4 Å². The fraction of sp³-hybridized carbons (Fsp3) is 0.500. The van der Waals surface area contributed by atoms with Gasteiger partial charge in [-0.2, -0.15) is 0 Å². The smallest absolute Gasteiger partial charge is 0.415 e. The van der Waals surface area contributed by atoms with Gasteiger partial charge in [0.1, 0.15) is 11.9 Å². The number of carbonyl (C=O) groups is 2. The number of halogens is 1. The van der Waals surface area contributed by atoms with Crippen molar-refractivity contribution < 1.29 is 19.1 Å². The molecule has 0 aromatic heterocycles. The molecule has 0 fully saturated rings. The van der Waals surface area contributed by atoms with Gasteiger partial charge in [0.2, 0.25) is 0 Å². The number of nitrogens with zero attached hydrogens (tertiary/aromatic N) is 1. The summed E-state index contributed by atoms with van der Waals surface area (Å²) in [5.74, 6) is 0.365. The number of hydrogen-bond acceptors (Lipinski definition) is 4. The third-order valence-electron chi connectivity index (χ3n) is 3.16. The molecule has 1 aromatic carbocycles. The quantitative estimate of drug-likeness (QED) is 0.711. The van der Waals surface area contributed by atoms with E-state index in [-0.39, 0.29) is 6.10 Å². The van der Waals surface area contributed by atoms with E-state index in [0.717, 1.165) is 6.42 Å². The molecule has 2 amide bonds. The molecule has 0 heterocycles. The molecule has 0 saturated heterocycles. The number of nitrogens with one attached hydrogen (secondary N) is 1. The second-order valence-electron chi connectivity index (χ2n) is 4.91. The summed E-state index contributed by atoms with van der Waals surface area (Å²) in [6, 6.07) is 6.64. The van der Waals surface area contributed by atoms with Crippen LogP contribution in [0.1, 0.15) is 27.2 Å². The standard InChI is InChI=1S/C16H23BrN2O4/c1-4-12(3)22-15(20)18-13-7-6-8-14(11-13)23-16(21)19(5-2)10-9-17/h6-8,11-12H,4-5,9-10H2,1-3H3,(H,18,20). The van der Waals surface area contributed by atoms with Crippen molar-refractivity contribution in [1.82, 2.24) is 4.90 Å². The average molecular weight is 387 g/mol. The Kier molecular flexibility index (Phi) is 8.47. The molecule has 0 spiro atoms. The van der Waals surface area contributed by atoms with Crippen LogP contribution in [0.4, 0.5) is 15.3 Å². The minimum Gasteiger partial charge on any atom is -0.446 e. The lowest BCUT2D eigenvalue weighted by molar-refractivity contribution is 0.118. The Morgan fingerprint density at radius 2 is 2.09 bits per heavy atom.